The number of hydrogen-bond donors (Lipinski definition) is 3. The van der Waals surface area contributed by atoms with Crippen LogP contribution < -0.4 is 10.1 Å². The van der Waals surface area contributed by atoms with Gasteiger partial charge in [0.1, 0.15) is 0 Å². The number of halogens is 1. The van der Waals surface area contributed by atoms with Gasteiger partial charge in [-0.3, -0.25) is 4.79 Å². The van der Waals surface area contributed by atoms with Gasteiger partial charge in [-0.1, -0.05) is 17.7 Å². The van der Waals surface area contributed by atoms with E-state index in [2.05, 4.69) is 5.32 Å². The second kappa shape index (κ2) is 5.04. The van der Waals surface area contributed by atoms with Crippen LogP contribution in [0.2, 0.25) is 5.02 Å². The minimum absolute atomic E-state index is 0.0338. The van der Waals surface area contributed by atoms with Crippen molar-refractivity contribution in [3.63, 3.8) is 0 Å². The van der Waals surface area contributed by atoms with Crippen molar-refractivity contribution in [2.45, 2.75) is 12.5 Å². The third kappa shape index (κ3) is 2.23. The molecule has 1 heterocycles. The summed E-state index contributed by atoms with van der Waals surface area (Å²) in [6.45, 7) is 0.393. The molecule has 18 heavy (non-hydrogen) atoms. The molecule has 98 valence electrons. The first-order valence-electron chi connectivity index (χ1n) is 5.56. The number of carbonyl (C=O) groups is 1. The second-order valence-electron chi connectivity index (χ2n) is 4.25. The lowest BCUT2D eigenvalue weighted by molar-refractivity contribution is -0.141. The molecule has 0 saturated carbocycles. The van der Waals surface area contributed by atoms with Gasteiger partial charge in [0, 0.05) is 18.2 Å². The maximum atomic E-state index is 10.9. The zero-order chi connectivity index (χ0) is 13.3. The molecule has 0 amide bonds. The fourth-order valence-corrected chi connectivity index (χ4v) is 2.43. The fourth-order valence-electron chi connectivity index (χ4n) is 2.20. The number of phenols is 1. The Morgan fingerprint density at radius 2 is 2.28 bits per heavy atom. The minimum Gasteiger partial charge on any atom is -0.504 e. The van der Waals surface area contributed by atoms with Gasteiger partial charge in [-0.25, -0.2) is 0 Å². The van der Waals surface area contributed by atoms with E-state index in [9.17, 15) is 9.90 Å². The van der Waals surface area contributed by atoms with Crippen molar-refractivity contribution in [1.29, 1.82) is 0 Å². The molecular formula is C12H14ClNO4. The Kier molecular flexibility index (Phi) is 3.63. The number of ether oxygens (including phenoxy) is 1. The molecule has 1 fully saturated rings. The van der Waals surface area contributed by atoms with Crippen molar-refractivity contribution in [3.05, 3.63) is 22.7 Å². The Morgan fingerprint density at radius 3 is 2.83 bits per heavy atom. The molecular weight excluding hydrogens is 258 g/mol. The molecule has 0 aliphatic carbocycles. The number of carboxylic acids is 1. The van der Waals surface area contributed by atoms with Crippen LogP contribution in [0.15, 0.2) is 12.1 Å². The highest BCUT2D eigenvalue weighted by Gasteiger charge is 2.32. The van der Waals surface area contributed by atoms with Crippen molar-refractivity contribution < 1.29 is 19.7 Å². The predicted molar refractivity (Wildman–Crippen MR) is 66.2 cm³/mol. The third-order valence-corrected chi connectivity index (χ3v) is 3.47. The van der Waals surface area contributed by atoms with Crippen LogP contribution in [0, 0.1) is 5.92 Å². The number of methoxy groups -OCH3 is 1. The first-order valence-corrected chi connectivity index (χ1v) is 5.94. The van der Waals surface area contributed by atoms with E-state index < -0.39 is 11.9 Å². The average molecular weight is 272 g/mol. The van der Waals surface area contributed by atoms with Crippen LogP contribution in [0.5, 0.6) is 11.5 Å². The molecule has 1 aliphatic rings. The lowest BCUT2D eigenvalue weighted by atomic mass is 9.99. The normalized spacial score (nSPS) is 23.0. The van der Waals surface area contributed by atoms with E-state index in [1.165, 1.54) is 7.11 Å². The molecule has 0 bridgehead atoms. The van der Waals surface area contributed by atoms with Crippen LogP contribution >= 0.6 is 11.6 Å². The quantitative estimate of drug-likeness (QED) is 0.781. The molecule has 1 saturated heterocycles. The van der Waals surface area contributed by atoms with E-state index >= 15 is 0 Å². The van der Waals surface area contributed by atoms with Gasteiger partial charge in [0.25, 0.3) is 0 Å². The highest BCUT2D eigenvalue weighted by atomic mass is 35.5. The number of nitrogens with one attached hydrogen (secondary N) is 1. The van der Waals surface area contributed by atoms with E-state index in [4.69, 9.17) is 21.4 Å². The zero-order valence-corrected chi connectivity index (χ0v) is 10.6. The van der Waals surface area contributed by atoms with Crippen LogP contribution in [0.4, 0.5) is 0 Å². The Labute approximate surface area is 109 Å². The number of aliphatic carboxylic acids is 1. The SMILES string of the molecule is COc1c(Cl)ccc(C2CC(C(=O)O)CN2)c1O. The summed E-state index contributed by atoms with van der Waals surface area (Å²) in [6.07, 6.45) is 0.438. The molecule has 0 aromatic heterocycles. The second-order valence-corrected chi connectivity index (χ2v) is 4.66. The van der Waals surface area contributed by atoms with E-state index in [0.29, 0.717) is 23.6 Å². The summed E-state index contributed by atoms with van der Waals surface area (Å²) in [5, 5.41) is 22.4. The Hall–Kier alpha value is -1.46. The standard InChI is InChI=1S/C12H14ClNO4/c1-18-11-8(13)3-2-7(10(11)15)9-4-6(5-14-9)12(16)17/h2-3,6,9,14-15H,4-5H2,1H3,(H,16,17). The molecule has 1 aliphatic heterocycles. The summed E-state index contributed by atoms with van der Waals surface area (Å²) in [4.78, 5) is 10.9. The van der Waals surface area contributed by atoms with Crippen molar-refractivity contribution in [1.82, 2.24) is 5.32 Å². The Balaban J connectivity index is 2.28. The first kappa shape index (κ1) is 13.0. The number of phenolic OH excluding ortho intramolecular Hbond substituents is 1. The van der Waals surface area contributed by atoms with Crippen molar-refractivity contribution in [2.75, 3.05) is 13.7 Å². The number of aromatic hydroxyl groups is 1. The molecule has 6 heteroatoms. The number of rotatable bonds is 3. The molecule has 3 N–H and O–H groups in total. The van der Waals surface area contributed by atoms with Crippen molar-refractivity contribution in [2.24, 2.45) is 5.92 Å². The van der Waals surface area contributed by atoms with Crippen LogP contribution in [-0.2, 0) is 4.79 Å². The van der Waals surface area contributed by atoms with Crippen LogP contribution in [0.3, 0.4) is 0 Å². The highest BCUT2D eigenvalue weighted by molar-refractivity contribution is 6.32. The topological polar surface area (TPSA) is 78.8 Å². The number of benzene rings is 1. The minimum atomic E-state index is -0.828. The molecule has 1 aromatic carbocycles. The van der Waals surface area contributed by atoms with Gasteiger partial charge in [0.2, 0.25) is 0 Å². The fraction of sp³-hybridized carbons (Fsp3) is 0.417. The Bertz CT molecular complexity index is 477. The molecule has 2 unspecified atom stereocenters. The molecule has 0 radical (unpaired) electrons. The molecule has 2 rings (SSSR count). The van der Waals surface area contributed by atoms with Gasteiger partial charge in [-0.15, -0.1) is 0 Å². The van der Waals surface area contributed by atoms with Gasteiger partial charge >= 0.3 is 5.97 Å². The number of carboxylic acid groups (broad SMARTS) is 1. The monoisotopic (exact) mass is 271 g/mol. The molecule has 5 nitrogen and oxygen atoms in total. The van der Waals surface area contributed by atoms with E-state index in [1.807, 2.05) is 0 Å². The van der Waals surface area contributed by atoms with Gasteiger partial charge in [-0.05, 0) is 12.5 Å². The third-order valence-electron chi connectivity index (χ3n) is 3.17. The largest absolute Gasteiger partial charge is 0.504 e. The first-order chi connectivity index (χ1) is 8.54. The van der Waals surface area contributed by atoms with Gasteiger partial charge in [0.15, 0.2) is 11.5 Å². The molecule has 1 aromatic rings. The lowest BCUT2D eigenvalue weighted by Gasteiger charge is -2.15. The maximum Gasteiger partial charge on any atom is 0.307 e. The van der Waals surface area contributed by atoms with E-state index in [1.54, 1.807) is 12.1 Å². The maximum absolute atomic E-state index is 10.9. The van der Waals surface area contributed by atoms with Crippen LogP contribution in [0.1, 0.15) is 18.0 Å². The summed E-state index contributed by atoms with van der Waals surface area (Å²) < 4.78 is 5.02. The summed E-state index contributed by atoms with van der Waals surface area (Å²) in [5.74, 6) is -1.08. The summed E-state index contributed by atoms with van der Waals surface area (Å²) in [7, 11) is 1.42. The van der Waals surface area contributed by atoms with Crippen molar-refractivity contribution >= 4 is 17.6 Å². The van der Waals surface area contributed by atoms with E-state index in [-0.39, 0.29) is 17.5 Å². The smallest absolute Gasteiger partial charge is 0.307 e. The van der Waals surface area contributed by atoms with Gasteiger partial charge in [0.05, 0.1) is 18.1 Å². The van der Waals surface area contributed by atoms with E-state index in [0.717, 1.165) is 0 Å². The van der Waals surface area contributed by atoms with Crippen LogP contribution in [0.25, 0.3) is 0 Å². The molecule has 2 atom stereocenters. The number of hydrogen-bond acceptors (Lipinski definition) is 4. The average Bonchev–Trinajstić information content (AvgIpc) is 2.79. The highest BCUT2D eigenvalue weighted by Crippen LogP contribution is 2.42. The van der Waals surface area contributed by atoms with Gasteiger partial charge < -0.3 is 20.3 Å². The summed E-state index contributed by atoms with van der Waals surface area (Å²) in [5.41, 5.74) is 0.611. The van der Waals surface area contributed by atoms with Gasteiger partial charge in [-0.2, -0.15) is 0 Å². The molecule has 0 spiro atoms. The summed E-state index contributed by atoms with van der Waals surface area (Å²) >= 11 is 5.89. The van der Waals surface area contributed by atoms with Crippen molar-refractivity contribution in [3.8, 4) is 11.5 Å². The summed E-state index contributed by atoms with van der Waals surface area (Å²) in [6, 6.07) is 3.12. The van der Waals surface area contributed by atoms with Crippen LogP contribution in [-0.4, -0.2) is 29.8 Å². The Morgan fingerprint density at radius 1 is 1.56 bits per heavy atom. The zero-order valence-electron chi connectivity index (χ0n) is 9.81. The predicted octanol–water partition coefficient (Wildman–Crippen LogP) is 1.79. The lowest BCUT2D eigenvalue weighted by Crippen LogP contribution is -2.17.